The Morgan fingerprint density at radius 3 is 2.04 bits per heavy atom. The van der Waals surface area contributed by atoms with Crippen LogP contribution in [0.4, 0.5) is 28.4 Å². The average molecular weight is 776 g/mol. The summed E-state index contributed by atoms with van der Waals surface area (Å²) in [6.45, 7) is 8.26. The van der Waals surface area contributed by atoms with Crippen molar-refractivity contribution in [3.8, 4) is 0 Å². The number of unbranched alkanes of at least 4 members (excludes halogenated alkanes) is 2. The number of hydrogen-bond donors (Lipinski definition) is 2. The van der Waals surface area contributed by atoms with Crippen LogP contribution in [-0.4, -0.2) is 51.4 Å². The van der Waals surface area contributed by atoms with Crippen molar-refractivity contribution in [2.45, 2.75) is 81.7 Å². The van der Waals surface area contributed by atoms with E-state index in [0.29, 0.717) is 48.2 Å². The Kier molecular flexibility index (Phi) is 11.3. The lowest BCUT2D eigenvalue weighted by Gasteiger charge is -2.32. The van der Waals surface area contributed by atoms with Gasteiger partial charge in [-0.2, -0.15) is 8.42 Å². The van der Waals surface area contributed by atoms with Crippen LogP contribution in [0.25, 0.3) is 0 Å². The first-order chi connectivity index (χ1) is 25.7. The topological polar surface area (TPSA) is 228 Å². The summed E-state index contributed by atoms with van der Waals surface area (Å²) in [6, 6.07) is 11.9. The summed E-state index contributed by atoms with van der Waals surface area (Å²) in [5.41, 5.74) is 1.53. The van der Waals surface area contributed by atoms with Gasteiger partial charge >= 0.3 is 5.97 Å². The minimum atomic E-state index is -4.46. The molecular formula is C38H41N5O11S. The lowest BCUT2D eigenvalue weighted by molar-refractivity contribution is -0.394. The molecule has 2 N–H and O–H groups in total. The maximum atomic E-state index is 12.0. The summed E-state index contributed by atoms with van der Waals surface area (Å²) in [5.74, 6) is -0.869. The van der Waals surface area contributed by atoms with Gasteiger partial charge in [-0.1, -0.05) is 58.4 Å². The number of carboxylic acids is 1. The SMILES string of the molecule is CC1(C)/C(=C/C=C/C=C/C2N(Cc3cc([N+](=O)[O-])cc([N+](=O)[O-])c3)c3ccc([N+](=O)[O-])cc3C2(C)C)N(CCCCCC(=O)O)c2ccc(S(=O)(=O)O)cc21. The minimum absolute atomic E-state index is 0.0267. The summed E-state index contributed by atoms with van der Waals surface area (Å²) < 4.78 is 33.8. The highest BCUT2D eigenvalue weighted by Crippen LogP contribution is 2.49. The van der Waals surface area contributed by atoms with Gasteiger partial charge in [-0.3, -0.25) is 39.7 Å². The van der Waals surface area contributed by atoms with Crippen LogP contribution < -0.4 is 9.80 Å². The standard InChI is InChI=1S/C38H41N5O11S/c1-37(2)30-22-26(41(46)47)14-16-33(30)40(24-25-19-27(42(48)49)21-28(20-25)43(50)51)35(37)12-8-5-7-11-34-38(3,4)31-23-29(55(52,53)54)15-17-32(31)39(34)18-10-6-9-13-36(44)45/h5,7-8,11-12,14-17,19-23,35H,6,9-10,13,18,24H2,1-4H3,(H,44,45)(H,52,53,54)/b7-5+,12-8+,34-11-. The number of benzene rings is 3. The fourth-order valence-electron chi connectivity index (χ4n) is 7.45. The Labute approximate surface area is 317 Å². The summed E-state index contributed by atoms with van der Waals surface area (Å²) in [6.07, 6.45) is 11.1. The number of nitrogens with zero attached hydrogens (tertiary/aromatic N) is 5. The highest BCUT2D eigenvalue weighted by atomic mass is 32.2. The molecule has 0 spiro atoms. The molecule has 3 aromatic carbocycles. The van der Waals surface area contributed by atoms with Gasteiger partial charge in [0.1, 0.15) is 0 Å². The third kappa shape index (κ3) is 8.42. The molecule has 0 aliphatic carbocycles. The third-order valence-corrected chi connectivity index (χ3v) is 11.1. The molecule has 290 valence electrons. The Bertz CT molecular complexity index is 2230. The number of carboxylic acid groups (broad SMARTS) is 1. The van der Waals surface area contributed by atoms with E-state index in [9.17, 15) is 48.1 Å². The fourth-order valence-corrected chi connectivity index (χ4v) is 7.95. The van der Waals surface area contributed by atoms with E-state index in [2.05, 4.69) is 4.90 Å². The minimum Gasteiger partial charge on any atom is -0.481 e. The van der Waals surface area contributed by atoms with Gasteiger partial charge in [0.2, 0.25) is 0 Å². The second kappa shape index (κ2) is 15.4. The number of rotatable bonds is 15. The van der Waals surface area contributed by atoms with Crippen LogP contribution in [0.15, 0.2) is 95.6 Å². The number of carbonyl (C=O) groups is 1. The van der Waals surface area contributed by atoms with Gasteiger partial charge in [-0.25, -0.2) is 0 Å². The average Bonchev–Trinajstić information content (AvgIpc) is 3.44. The quantitative estimate of drug-likeness (QED) is 0.0495. The molecule has 2 aliphatic rings. The van der Waals surface area contributed by atoms with Gasteiger partial charge in [0, 0.05) is 71.7 Å². The van der Waals surface area contributed by atoms with E-state index in [1.807, 2.05) is 50.8 Å². The van der Waals surface area contributed by atoms with Crippen molar-refractivity contribution in [1.29, 1.82) is 0 Å². The number of allylic oxidation sites excluding steroid dienone is 5. The molecule has 16 nitrogen and oxygen atoms in total. The molecule has 1 unspecified atom stereocenters. The predicted octanol–water partition coefficient (Wildman–Crippen LogP) is 7.76. The Morgan fingerprint density at radius 1 is 0.800 bits per heavy atom. The van der Waals surface area contributed by atoms with Crippen LogP contribution in [-0.2, 0) is 32.3 Å². The maximum Gasteiger partial charge on any atom is 0.303 e. The number of hydrogen-bond acceptors (Lipinski definition) is 11. The predicted molar refractivity (Wildman–Crippen MR) is 205 cm³/mol. The van der Waals surface area contributed by atoms with Crippen molar-refractivity contribution in [2.24, 2.45) is 0 Å². The summed E-state index contributed by atoms with van der Waals surface area (Å²) in [4.78, 5) is 47.8. The molecule has 0 radical (unpaired) electrons. The summed E-state index contributed by atoms with van der Waals surface area (Å²) >= 11 is 0. The van der Waals surface area contributed by atoms with E-state index < -0.39 is 59.1 Å². The zero-order valence-corrected chi connectivity index (χ0v) is 31.4. The van der Waals surface area contributed by atoms with E-state index in [1.165, 1.54) is 36.4 Å². The zero-order valence-electron chi connectivity index (χ0n) is 30.6. The molecule has 0 bridgehead atoms. The number of anilines is 2. The summed E-state index contributed by atoms with van der Waals surface area (Å²) in [5, 5.41) is 44.0. The number of fused-ring (bicyclic) bond motifs is 2. The number of nitro benzene ring substituents is 3. The van der Waals surface area contributed by atoms with E-state index in [-0.39, 0.29) is 23.5 Å². The lowest BCUT2D eigenvalue weighted by Crippen LogP contribution is -2.39. The van der Waals surface area contributed by atoms with Gasteiger partial charge in [0.25, 0.3) is 27.2 Å². The maximum absolute atomic E-state index is 12.0. The second-order valence-corrected chi connectivity index (χ2v) is 16.0. The molecule has 17 heteroatoms. The molecule has 2 aliphatic heterocycles. The third-order valence-electron chi connectivity index (χ3n) is 10.2. The van der Waals surface area contributed by atoms with Crippen molar-refractivity contribution in [2.75, 3.05) is 16.3 Å². The van der Waals surface area contributed by atoms with Crippen LogP contribution >= 0.6 is 0 Å². The van der Waals surface area contributed by atoms with Crippen LogP contribution in [0, 0.1) is 30.3 Å². The van der Waals surface area contributed by atoms with Gasteiger partial charge < -0.3 is 14.9 Å². The normalized spacial score (nSPS) is 17.9. The van der Waals surface area contributed by atoms with Crippen LogP contribution in [0.3, 0.4) is 0 Å². The highest BCUT2D eigenvalue weighted by Gasteiger charge is 2.44. The van der Waals surface area contributed by atoms with Crippen LogP contribution in [0.1, 0.15) is 70.1 Å². The van der Waals surface area contributed by atoms with Crippen molar-refractivity contribution < 1.29 is 37.6 Å². The van der Waals surface area contributed by atoms with Crippen molar-refractivity contribution >= 4 is 44.5 Å². The number of aliphatic carboxylic acids is 1. The molecule has 0 fully saturated rings. The first kappa shape index (κ1) is 40.2. The summed E-state index contributed by atoms with van der Waals surface area (Å²) in [7, 11) is -4.46. The largest absolute Gasteiger partial charge is 0.481 e. The molecule has 5 rings (SSSR count). The van der Waals surface area contributed by atoms with Crippen molar-refractivity contribution in [3.05, 3.63) is 138 Å². The molecular weight excluding hydrogens is 735 g/mol. The molecule has 55 heavy (non-hydrogen) atoms. The van der Waals surface area contributed by atoms with Gasteiger partial charge in [0.05, 0.1) is 31.8 Å². The first-order valence-corrected chi connectivity index (χ1v) is 18.8. The van der Waals surface area contributed by atoms with Gasteiger partial charge in [-0.05, 0) is 59.9 Å². The van der Waals surface area contributed by atoms with E-state index in [0.717, 1.165) is 17.5 Å². The van der Waals surface area contributed by atoms with Crippen LogP contribution in [0.2, 0.25) is 0 Å². The van der Waals surface area contributed by atoms with E-state index >= 15 is 0 Å². The smallest absolute Gasteiger partial charge is 0.303 e. The molecule has 0 saturated carbocycles. The Balaban J connectivity index is 1.49. The monoisotopic (exact) mass is 775 g/mol. The molecule has 2 heterocycles. The lowest BCUT2D eigenvalue weighted by atomic mass is 9.80. The highest BCUT2D eigenvalue weighted by molar-refractivity contribution is 7.85. The van der Waals surface area contributed by atoms with Gasteiger partial charge in [0.15, 0.2) is 0 Å². The van der Waals surface area contributed by atoms with Gasteiger partial charge in [-0.15, -0.1) is 0 Å². The number of non-ortho nitro benzene ring substituents is 3. The fraction of sp³-hybridized carbons (Fsp3) is 0.342. The zero-order chi connectivity index (χ0) is 40.5. The van der Waals surface area contributed by atoms with Crippen molar-refractivity contribution in [3.63, 3.8) is 0 Å². The Morgan fingerprint density at radius 2 is 1.44 bits per heavy atom. The van der Waals surface area contributed by atoms with Crippen molar-refractivity contribution in [1.82, 2.24) is 0 Å². The Hall–Kier alpha value is -5.94. The molecule has 3 aromatic rings. The first-order valence-electron chi connectivity index (χ1n) is 17.4. The number of nitro groups is 3. The second-order valence-electron chi connectivity index (χ2n) is 14.6. The molecule has 0 amide bonds. The van der Waals surface area contributed by atoms with Crippen LogP contribution in [0.5, 0.6) is 0 Å². The van der Waals surface area contributed by atoms with E-state index in [1.54, 1.807) is 24.3 Å². The van der Waals surface area contributed by atoms with E-state index in [4.69, 9.17) is 5.11 Å². The molecule has 1 atom stereocenters. The molecule has 0 aromatic heterocycles. The molecule has 0 saturated heterocycles.